The van der Waals surface area contributed by atoms with Crippen molar-refractivity contribution in [1.29, 1.82) is 0 Å². The fourth-order valence-corrected chi connectivity index (χ4v) is 3.16. The summed E-state index contributed by atoms with van der Waals surface area (Å²) in [5, 5.41) is 6.26. The Bertz CT molecular complexity index is 974. The van der Waals surface area contributed by atoms with Gasteiger partial charge in [-0.05, 0) is 48.9 Å². The van der Waals surface area contributed by atoms with Crippen LogP contribution >= 0.6 is 0 Å². The van der Waals surface area contributed by atoms with E-state index in [4.69, 9.17) is 0 Å². The Morgan fingerprint density at radius 3 is 1.96 bits per heavy atom. The molecule has 0 bridgehead atoms. The summed E-state index contributed by atoms with van der Waals surface area (Å²) in [7, 11) is 0. The van der Waals surface area contributed by atoms with E-state index in [0.717, 1.165) is 33.6 Å². The van der Waals surface area contributed by atoms with Gasteiger partial charge in [0.05, 0.1) is 5.56 Å². The highest BCUT2D eigenvalue weighted by Crippen LogP contribution is 2.28. The van der Waals surface area contributed by atoms with E-state index in [2.05, 4.69) is 34.4 Å². The summed E-state index contributed by atoms with van der Waals surface area (Å²) in [5.41, 5.74) is 6.65. The molecule has 5 nitrogen and oxygen atoms in total. The standard InChI is InChI=1S/C23H26N4O/c1-14(2)19-11-7-10-17(5)21(19)26-22(28)18-12-24-23(25-13-18)27-20-15(3)8-6-9-16(20)4/h6-14H,1-5H3,(H,26,28)(H,24,25,27). The summed E-state index contributed by atoms with van der Waals surface area (Å²) in [6, 6.07) is 12.1. The lowest BCUT2D eigenvalue weighted by atomic mass is 9.98. The highest BCUT2D eigenvalue weighted by Gasteiger charge is 2.14. The summed E-state index contributed by atoms with van der Waals surface area (Å²) in [6.45, 7) is 10.3. The van der Waals surface area contributed by atoms with E-state index < -0.39 is 0 Å². The first kappa shape index (κ1) is 19.5. The predicted molar refractivity (Wildman–Crippen MR) is 114 cm³/mol. The van der Waals surface area contributed by atoms with E-state index >= 15 is 0 Å². The Labute approximate surface area is 166 Å². The van der Waals surface area contributed by atoms with Gasteiger partial charge in [-0.2, -0.15) is 0 Å². The predicted octanol–water partition coefficient (Wildman–Crippen LogP) is 5.52. The number of amides is 1. The first-order chi connectivity index (χ1) is 13.4. The molecule has 0 aliphatic rings. The molecular weight excluding hydrogens is 348 g/mol. The largest absolute Gasteiger partial charge is 0.324 e. The van der Waals surface area contributed by atoms with Crippen LogP contribution in [0.25, 0.3) is 0 Å². The van der Waals surface area contributed by atoms with Crippen LogP contribution in [0.2, 0.25) is 0 Å². The number of nitrogens with one attached hydrogen (secondary N) is 2. The van der Waals surface area contributed by atoms with Gasteiger partial charge >= 0.3 is 0 Å². The van der Waals surface area contributed by atoms with E-state index in [1.54, 1.807) is 12.4 Å². The van der Waals surface area contributed by atoms with Crippen molar-refractivity contribution in [3.8, 4) is 0 Å². The fraction of sp³-hybridized carbons (Fsp3) is 0.261. The van der Waals surface area contributed by atoms with Gasteiger partial charge in [0.15, 0.2) is 0 Å². The Morgan fingerprint density at radius 1 is 0.857 bits per heavy atom. The molecule has 0 saturated heterocycles. The van der Waals surface area contributed by atoms with Gasteiger partial charge in [-0.3, -0.25) is 4.79 Å². The summed E-state index contributed by atoms with van der Waals surface area (Å²) in [4.78, 5) is 21.3. The minimum absolute atomic E-state index is 0.213. The third kappa shape index (κ3) is 4.19. The Balaban J connectivity index is 1.78. The fourth-order valence-electron chi connectivity index (χ4n) is 3.16. The molecule has 0 fully saturated rings. The molecule has 0 radical (unpaired) electrons. The molecule has 0 saturated carbocycles. The van der Waals surface area contributed by atoms with Crippen LogP contribution in [0.15, 0.2) is 48.8 Å². The number of carbonyl (C=O) groups is 1. The second kappa shape index (κ2) is 8.21. The number of nitrogens with zero attached hydrogens (tertiary/aromatic N) is 2. The van der Waals surface area contributed by atoms with Crippen LogP contribution in [0.3, 0.4) is 0 Å². The minimum atomic E-state index is -0.213. The third-order valence-electron chi connectivity index (χ3n) is 4.80. The lowest BCUT2D eigenvalue weighted by Crippen LogP contribution is -2.15. The van der Waals surface area contributed by atoms with Crippen LogP contribution in [0.5, 0.6) is 0 Å². The van der Waals surface area contributed by atoms with Gasteiger partial charge in [0, 0.05) is 23.8 Å². The number of rotatable bonds is 5. The molecule has 1 heterocycles. The van der Waals surface area contributed by atoms with Crippen LogP contribution in [0, 0.1) is 20.8 Å². The summed E-state index contributed by atoms with van der Waals surface area (Å²) in [6.07, 6.45) is 3.09. The summed E-state index contributed by atoms with van der Waals surface area (Å²) < 4.78 is 0. The maximum atomic E-state index is 12.7. The van der Waals surface area contributed by atoms with Crippen molar-refractivity contribution in [2.45, 2.75) is 40.5 Å². The van der Waals surface area contributed by atoms with Crippen LogP contribution in [0.1, 0.15) is 52.4 Å². The molecule has 0 aliphatic carbocycles. The first-order valence-corrected chi connectivity index (χ1v) is 9.43. The number of aryl methyl sites for hydroxylation is 3. The zero-order valence-electron chi connectivity index (χ0n) is 17.0. The molecular formula is C23H26N4O. The van der Waals surface area contributed by atoms with Gasteiger partial charge in [-0.1, -0.05) is 50.2 Å². The van der Waals surface area contributed by atoms with Gasteiger partial charge in [0.25, 0.3) is 5.91 Å². The SMILES string of the molecule is Cc1cccc(C)c1Nc1ncc(C(=O)Nc2c(C)cccc2C(C)C)cn1. The quantitative estimate of drug-likeness (QED) is 0.617. The lowest BCUT2D eigenvalue weighted by Gasteiger charge is -2.16. The highest BCUT2D eigenvalue weighted by atomic mass is 16.1. The maximum absolute atomic E-state index is 12.7. The number of hydrogen-bond donors (Lipinski definition) is 2. The lowest BCUT2D eigenvalue weighted by molar-refractivity contribution is 0.102. The molecule has 2 N–H and O–H groups in total. The van der Waals surface area contributed by atoms with Gasteiger partial charge in [0.2, 0.25) is 5.95 Å². The normalized spacial score (nSPS) is 10.8. The summed E-state index contributed by atoms with van der Waals surface area (Å²) in [5.74, 6) is 0.568. The zero-order chi connectivity index (χ0) is 20.3. The monoisotopic (exact) mass is 374 g/mol. The molecule has 3 aromatic rings. The van der Waals surface area contributed by atoms with Crippen LogP contribution in [-0.4, -0.2) is 15.9 Å². The molecule has 3 rings (SSSR count). The Hall–Kier alpha value is -3.21. The maximum Gasteiger partial charge on any atom is 0.258 e. The topological polar surface area (TPSA) is 66.9 Å². The van der Waals surface area contributed by atoms with E-state index in [9.17, 15) is 4.79 Å². The molecule has 0 atom stereocenters. The third-order valence-corrected chi connectivity index (χ3v) is 4.80. The van der Waals surface area contributed by atoms with Crippen molar-refractivity contribution in [2.24, 2.45) is 0 Å². The van der Waals surface area contributed by atoms with Gasteiger partial charge in [-0.25, -0.2) is 9.97 Å². The number of hydrogen-bond acceptors (Lipinski definition) is 4. The van der Waals surface area contributed by atoms with E-state index in [1.165, 1.54) is 0 Å². The zero-order valence-corrected chi connectivity index (χ0v) is 17.0. The number of benzene rings is 2. The molecule has 2 aromatic carbocycles. The second-order valence-corrected chi connectivity index (χ2v) is 7.34. The molecule has 0 spiro atoms. The van der Waals surface area contributed by atoms with Gasteiger partial charge in [0.1, 0.15) is 0 Å². The molecule has 0 aliphatic heterocycles. The van der Waals surface area contributed by atoms with Crippen LogP contribution < -0.4 is 10.6 Å². The van der Waals surface area contributed by atoms with Crippen molar-refractivity contribution in [2.75, 3.05) is 10.6 Å². The van der Waals surface area contributed by atoms with Crippen LogP contribution in [-0.2, 0) is 0 Å². The van der Waals surface area contributed by atoms with Crippen molar-refractivity contribution >= 4 is 23.2 Å². The Morgan fingerprint density at radius 2 is 1.39 bits per heavy atom. The van der Waals surface area contributed by atoms with Crippen molar-refractivity contribution in [3.05, 3.63) is 76.6 Å². The van der Waals surface area contributed by atoms with E-state index in [-0.39, 0.29) is 5.91 Å². The second-order valence-electron chi connectivity index (χ2n) is 7.34. The number of carbonyl (C=O) groups excluding carboxylic acids is 1. The molecule has 144 valence electrons. The molecule has 0 unspecified atom stereocenters. The van der Waals surface area contributed by atoms with Crippen molar-refractivity contribution < 1.29 is 4.79 Å². The average Bonchev–Trinajstić information content (AvgIpc) is 2.66. The van der Waals surface area contributed by atoms with E-state index in [0.29, 0.717) is 17.4 Å². The molecule has 1 amide bonds. The number of aromatic nitrogens is 2. The van der Waals surface area contributed by atoms with E-state index in [1.807, 2.05) is 57.2 Å². The minimum Gasteiger partial charge on any atom is -0.324 e. The highest BCUT2D eigenvalue weighted by molar-refractivity contribution is 6.04. The molecule has 1 aromatic heterocycles. The number of anilines is 3. The number of para-hydroxylation sites is 2. The first-order valence-electron chi connectivity index (χ1n) is 9.43. The summed E-state index contributed by atoms with van der Waals surface area (Å²) >= 11 is 0. The Kier molecular flexibility index (Phi) is 5.73. The van der Waals surface area contributed by atoms with Gasteiger partial charge < -0.3 is 10.6 Å². The van der Waals surface area contributed by atoms with Crippen LogP contribution in [0.4, 0.5) is 17.3 Å². The molecule has 5 heteroatoms. The van der Waals surface area contributed by atoms with Gasteiger partial charge in [-0.15, -0.1) is 0 Å². The average molecular weight is 374 g/mol. The smallest absolute Gasteiger partial charge is 0.258 e. The van der Waals surface area contributed by atoms with Crippen molar-refractivity contribution in [1.82, 2.24) is 9.97 Å². The van der Waals surface area contributed by atoms with Crippen molar-refractivity contribution in [3.63, 3.8) is 0 Å². The molecule has 28 heavy (non-hydrogen) atoms.